The van der Waals surface area contributed by atoms with E-state index >= 15 is 0 Å². The molecule has 5 rings (SSSR count). The zero-order valence-corrected chi connectivity index (χ0v) is 21.3. The van der Waals surface area contributed by atoms with Gasteiger partial charge in [0.15, 0.2) is 6.61 Å². The fourth-order valence-corrected chi connectivity index (χ4v) is 5.31. The Hall–Kier alpha value is -3.65. The van der Waals surface area contributed by atoms with E-state index in [1.165, 1.54) is 32.4 Å². The van der Waals surface area contributed by atoms with Crippen molar-refractivity contribution in [2.45, 2.75) is 45.1 Å². The van der Waals surface area contributed by atoms with E-state index in [2.05, 4.69) is 14.9 Å². The van der Waals surface area contributed by atoms with Crippen LogP contribution in [0.25, 0.3) is 22.5 Å². The van der Waals surface area contributed by atoms with Gasteiger partial charge in [0, 0.05) is 24.7 Å². The van der Waals surface area contributed by atoms with Gasteiger partial charge in [0.1, 0.15) is 11.5 Å². The maximum absolute atomic E-state index is 12.7. The quantitative estimate of drug-likeness (QED) is 0.529. The van der Waals surface area contributed by atoms with E-state index in [0.29, 0.717) is 28.7 Å². The summed E-state index contributed by atoms with van der Waals surface area (Å²) >= 11 is 0. The molecule has 2 aliphatic heterocycles. The van der Waals surface area contributed by atoms with E-state index in [0.717, 1.165) is 37.1 Å². The lowest BCUT2D eigenvalue weighted by atomic mass is 10.00. The number of aromatic amines is 1. The molecule has 0 saturated carbocycles. The number of ether oxygens (including phenoxy) is 1. The van der Waals surface area contributed by atoms with E-state index in [-0.39, 0.29) is 18.3 Å². The minimum atomic E-state index is -0.451. The summed E-state index contributed by atoms with van der Waals surface area (Å²) in [6, 6.07) is 14.8. The van der Waals surface area contributed by atoms with Crippen LogP contribution < -0.4 is 10.4 Å². The van der Waals surface area contributed by atoms with Crippen molar-refractivity contribution in [2.75, 3.05) is 32.8 Å². The van der Waals surface area contributed by atoms with Gasteiger partial charge in [-0.25, -0.2) is 4.79 Å². The van der Waals surface area contributed by atoms with Gasteiger partial charge >= 0.3 is 5.69 Å². The molecule has 194 valence electrons. The molecule has 1 amide bonds. The number of aryl methyl sites for hydroxylation is 1. The smallest absolute Gasteiger partial charge is 0.345 e. The van der Waals surface area contributed by atoms with Crippen LogP contribution in [-0.4, -0.2) is 69.6 Å². The summed E-state index contributed by atoms with van der Waals surface area (Å²) < 4.78 is 5.79. The van der Waals surface area contributed by atoms with Gasteiger partial charge < -0.3 is 24.6 Å². The summed E-state index contributed by atoms with van der Waals surface area (Å²) in [4.78, 5) is 36.3. The number of carbonyl (C=O) groups excluding carboxylic acids is 1. The summed E-state index contributed by atoms with van der Waals surface area (Å²) in [5, 5.41) is 9.79. The molecule has 3 heterocycles. The number of rotatable bonds is 6. The Kier molecular flexibility index (Phi) is 7.55. The van der Waals surface area contributed by atoms with E-state index in [4.69, 9.17) is 4.74 Å². The predicted octanol–water partition coefficient (Wildman–Crippen LogP) is 3.97. The Labute approximate surface area is 216 Å². The molecule has 2 N–H and O–H groups in total. The number of aromatic nitrogens is 2. The molecule has 1 aromatic heterocycles. The van der Waals surface area contributed by atoms with Crippen molar-refractivity contribution in [1.82, 2.24) is 19.8 Å². The minimum absolute atomic E-state index is 0.0180. The first-order valence-corrected chi connectivity index (χ1v) is 13.1. The maximum atomic E-state index is 12.7. The molecule has 0 bridgehead atoms. The number of H-pyrrole nitrogens is 1. The van der Waals surface area contributed by atoms with Crippen molar-refractivity contribution in [3.05, 3.63) is 64.6 Å². The monoisotopic (exact) mass is 502 g/mol. The Morgan fingerprint density at radius 1 is 1.00 bits per heavy atom. The van der Waals surface area contributed by atoms with Crippen LogP contribution in [0.4, 0.5) is 0 Å². The second-order valence-electron chi connectivity index (χ2n) is 10.0. The zero-order valence-electron chi connectivity index (χ0n) is 21.3. The lowest BCUT2D eigenvalue weighted by molar-refractivity contribution is -0.135. The predicted molar refractivity (Wildman–Crippen MR) is 143 cm³/mol. The Morgan fingerprint density at radius 2 is 1.70 bits per heavy atom. The molecule has 0 spiro atoms. The molecular formula is C29H34N4O4. The molecule has 8 heteroatoms. The van der Waals surface area contributed by atoms with E-state index in [9.17, 15) is 14.7 Å². The SMILES string of the molecule is Cc1cc(-c2cc(-c3ccc(OCC(=O)N4CCC(N5CCCCC5)CC4)cc3)[nH]c(=O)n2)ccc1O. The highest BCUT2D eigenvalue weighted by molar-refractivity contribution is 5.78. The lowest BCUT2D eigenvalue weighted by Crippen LogP contribution is -2.49. The summed E-state index contributed by atoms with van der Waals surface area (Å²) in [5.41, 5.74) is 2.96. The third-order valence-electron chi connectivity index (χ3n) is 7.49. The van der Waals surface area contributed by atoms with Gasteiger partial charge in [0.25, 0.3) is 5.91 Å². The van der Waals surface area contributed by atoms with Crippen LogP contribution in [0.1, 0.15) is 37.7 Å². The molecule has 0 unspecified atom stereocenters. The fraction of sp³-hybridized carbons (Fsp3) is 0.414. The van der Waals surface area contributed by atoms with Crippen LogP contribution in [0.3, 0.4) is 0 Å². The standard InChI is InChI=1S/C29H34N4O4/c1-20-17-22(7-10-27(20)34)26-18-25(30-29(36)31-26)21-5-8-24(9-6-21)37-19-28(35)33-15-11-23(12-16-33)32-13-3-2-4-14-32/h5-10,17-18,23,34H,2-4,11-16,19H2,1H3,(H,30,31,36). The number of amides is 1. The number of benzene rings is 2. The van der Waals surface area contributed by atoms with Crippen molar-refractivity contribution >= 4 is 5.91 Å². The van der Waals surface area contributed by atoms with E-state index in [1.54, 1.807) is 43.3 Å². The molecule has 2 saturated heterocycles. The molecule has 0 atom stereocenters. The van der Waals surface area contributed by atoms with E-state index < -0.39 is 5.69 Å². The lowest BCUT2D eigenvalue weighted by Gasteiger charge is -2.40. The largest absolute Gasteiger partial charge is 0.508 e. The molecule has 0 radical (unpaired) electrons. The van der Waals surface area contributed by atoms with Crippen molar-refractivity contribution in [1.29, 1.82) is 0 Å². The second kappa shape index (κ2) is 11.2. The molecular weight excluding hydrogens is 468 g/mol. The first-order valence-electron chi connectivity index (χ1n) is 13.1. The van der Waals surface area contributed by atoms with Gasteiger partial charge in [-0.15, -0.1) is 0 Å². The first-order chi connectivity index (χ1) is 18.0. The summed E-state index contributed by atoms with van der Waals surface area (Å²) in [6.07, 6.45) is 6.00. The van der Waals surface area contributed by atoms with Gasteiger partial charge in [0.2, 0.25) is 0 Å². The number of aromatic hydroxyl groups is 1. The van der Waals surface area contributed by atoms with Crippen molar-refractivity contribution < 1.29 is 14.6 Å². The van der Waals surface area contributed by atoms with Crippen LogP contribution in [0.15, 0.2) is 53.3 Å². The van der Waals surface area contributed by atoms with Crippen LogP contribution >= 0.6 is 0 Å². The molecule has 37 heavy (non-hydrogen) atoms. The van der Waals surface area contributed by atoms with Crippen LogP contribution in [0.2, 0.25) is 0 Å². The molecule has 0 aliphatic carbocycles. The summed E-state index contributed by atoms with van der Waals surface area (Å²) in [7, 11) is 0. The number of piperidine rings is 2. The second-order valence-corrected chi connectivity index (χ2v) is 10.0. The van der Waals surface area contributed by atoms with Crippen molar-refractivity contribution in [2.24, 2.45) is 0 Å². The summed E-state index contributed by atoms with van der Waals surface area (Å²) in [5.74, 6) is 0.823. The number of likely N-dealkylation sites (tertiary alicyclic amines) is 2. The number of hydrogen-bond donors (Lipinski definition) is 2. The van der Waals surface area contributed by atoms with Gasteiger partial charge in [-0.3, -0.25) is 4.79 Å². The Morgan fingerprint density at radius 3 is 2.41 bits per heavy atom. The average Bonchev–Trinajstić information content (AvgIpc) is 2.94. The molecule has 3 aromatic rings. The van der Waals surface area contributed by atoms with Crippen LogP contribution in [-0.2, 0) is 4.79 Å². The van der Waals surface area contributed by atoms with Gasteiger partial charge in [0.05, 0.1) is 11.4 Å². The molecule has 2 aliphatic rings. The Bertz CT molecular complexity index is 1290. The van der Waals surface area contributed by atoms with Crippen molar-refractivity contribution in [3.63, 3.8) is 0 Å². The van der Waals surface area contributed by atoms with Crippen LogP contribution in [0.5, 0.6) is 11.5 Å². The number of nitrogens with one attached hydrogen (secondary N) is 1. The minimum Gasteiger partial charge on any atom is -0.508 e. The van der Waals surface area contributed by atoms with Gasteiger partial charge in [-0.1, -0.05) is 6.42 Å². The maximum Gasteiger partial charge on any atom is 0.345 e. The highest BCUT2D eigenvalue weighted by atomic mass is 16.5. The molecule has 2 aromatic carbocycles. The zero-order chi connectivity index (χ0) is 25.8. The molecule has 2 fully saturated rings. The van der Waals surface area contributed by atoms with Gasteiger partial charge in [-0.05, 0) is 105 Å². The third-order valence-corrected chi connectivity index (χ3v) is 7.49. The summed E-state index contributed by atoms with van der Waals surface area (Å²) in [6.45, 7) is 5.80. The average molecular weight is 503 g/mol. The third kappa shape index (κ3) is 6.02. The number of carbonyl (C=O) groups is 1. The topological polar surface area (TPSA) is 98.8 Å². The van der Waals surface area contributed by atoms with E-state index in [1.807, 2.05) is 17.0 Å². The number of nitrogens with zero attached hydrogens (tertiary/aromatic N) is 3. The van der Waals surface area contributed by atoms with Crippen LogP contribution in [0, 0.1) is 6.92 Å². The normalized spacial score (nSPS) is 17.1. The van der Waals surface area contributed by atoms with Gasteiger partial charge in [-0.2, -0.15) is 4.98 Å². The number of phenolic OH excluding ortho intramolecular Hbond substituents is 1. The highest BCUT2D eigenvalue weighted by Gasteiger charge is 2.27. The molecule has 8 nitrogen and oxygen atoms in total. The number of hydrogen-bond acceptors (Lipinski definition) is 6. The highest BCUT2D eigenvalue weighted by Crippen LogP contribution is 2.27. The van der Waals surface area contributed by atoms with Crippen molar-refractivity contribution in [3.8, 4) is 34.0 Å². The Balaban J connectivity index is 1.17. The fourth-order valence-electron chi connectivity index (χ4n) is 5.31. The number of phenols is 1. The first kappa shape index (κ1) is 25.0.